The predicted octanol–water partition coefficient (Wildman–Crippen LogP) is 2.33. The number of carboxylic acid groups (broad SMARTS) is 1. The molecule has 1 unspecified atom stereocenters. The molecule has 0 saturated carbocycles. The number of carbonyl (C=O) groups is 1. The summed E-state index contributed by atoms with van der Waals surface area (Å²) in [7, 11) is 0. The van der Waals surface area contributed by atoms with Crippen LogP contribution in [0.4, 0.5) is 4.79 Å². The van der Waals surface area contributed by atoms with Crippen LogP contribution in [0.1, 0.15) is 5.56 Å². The van der Waals surface area contributed by atoms with Crippen LogP contribution in [0.5, 0.6) is 0 Å². The summed E-state index contributed by atoms with van der Waals surface area (Å²) >= 11 is 3.36. The molecule has 1 N–H and O–H groups in total. The van der Waals surface area contributed by atoms with Crippen LogP contribution in [0.3, 0.4) is 0 Å². The van der Waals surface area contributed by atoms with Gasteiger partial charge in [0.25, 0.3) is 0 Å². The molecular weight excluding hydrogens is 274 g/mol. The summed E-state index contributed by atoms with van der Waals surface area (Å²) < 4.78 is 5.99. The molecule has 0 aromatic heterocycles. The molecule has 1 aliphatic heterocycles. The molecule has 0 aliphatic carbocycles. The zero-order valence-electron chi connectivity index (χ0n) is 8.60. The molecule has 86 valence electrons. The molecule has 1 saturated heterocycles. The minimum Gasteiger partial charge on any atom is -0.465 e. The molecule has 1 fully saturated rings. The van der Waals surface area contributed by atoms with E-state index in [9.17, 15) is 4.79 Å². The average Bonchev–Trinajstić information content (AvgIpc) is 3.00. The first-order valence-electron chi connectivity index (χ1n) is 4.99. The van der Waals surface area contributed by atoms with Crippen molar-refractivity contribution in [2.75, 3.05) is 13.2 Å². The maximum atomic E-state index is 11.0. The normalized spacial score (nSPS) is 18.2. The van der Waals surface area contributed by atoms with Crippen LogP contribution in [-0.4, -0.2) is 35.4 Å². The second-order valence-corrected chi connectivity index (χ2v) is 4.66. The topological polar surface area (TPSA) is 53.1 Å². The van der Waals surface area contributed by atoms with Gasteiger partial charge in [-0.05, 0) is 17.7 Å². The summed E-state index contributed by atoms with van der Waals surface area (Å²) in [5.41, 5.74) is 0.970. The van der Waals surface area contributed by atoms with Crippen molar-refractivity contribution in [3.8, 4) is 0 Å². The zero-order valence-corrected chi connectivity index (χ0v) is 10.2. The van der Waals surface area contributed by atoms with Gasteiger partial charge in [-0.15, -0.1) is 0 Å². The van der Waals surface area contributed by atoms with Crippen molar-refractivity contribution >= 4 is 22.0 Å². The van der Waals surface area contributed by atoms with E-state index in [4.69, 9.17) is 9.84 Å². The fourth-order valence-electron chi connectivity index (χ4n) is 1.49. The zero-order chi connectivity index (χ0) is 11.5. The Kier molecular flexibility index (Phi) is 3.46. The minimum atomic E-state index is -0.907. The van der Waals surface area contributed by atoms with Crippen LogP contribution in [0.15, 0.2) is 28.7 Å². The third-order valence-electron chi connectivity index (χ3n) is 2.36. The van der Waals surface area contributed by atoms with Crippen molar-refractivity contribution in [1.82, 2.24) is 4.90 Å². The molecule has 0 bridgehead atoms. The number of benzene rings is 1. The molecule has 5 heteroatoms. The lowest BCUT2D eigenvalue weighted by Gasteiger charge is -2.18. The van der Waals surface area contributed by atoms with E-state index in [0.717, 1.165) is 10.0 Å². The second kappa shape index (κ2) is 4.84. The quantitative estimate of drug-likeness (QED) is 0.864. The Hall–Kier alpha value is -1.07. The van der Waals surface area contributed by atoms with Gasteiger partial charge in [0, 0.05) is 11.0 Å². The van der Waals surface area contributed by atoms with Gasteiger partial charge in [0.2, 0.25) is 0 Å². The van der Waals surface area contributed by atoms with Crippen molar-refractivity contribution in [1.29, 1.82) is 0 Å². The average molecular weight is 286 g/mol. The van der Waals surface area contributed by atoms with Crippen LogP contribution in [0.2, 0.25) is 0 Å². The molecular formula is C11H12BrNO3. The van der Waals surface area contributed by atoms with Crippen molar-refractivity contribution in [2.45, 2.75) is 12.6 Å². The highest BCUT2D eigenvalue weighted by Crippen LogP contribution is 2.16. The third-order valence-corrected chi connectivity index (χ3v) is 2.85. The summed E-state index contributed by atoms with van der Waals surface area (Å²) in [6.45, 7) is 1.51. The van der Waals surface area contributed by atoms with E-state index < -0.39 is 6.09 Å². The summed E-state index contributed by atoms with van der Waals surface area (Å²) in [5.74, 6) is 0. The molecule has 1 atom stereocenters. The van der Waals surface area contributed by atoms with Gasteiger partial charge in [0.15, 0.2) is 0 Å². The Balaban J connectivity index is 2.01. The van der Waals surface area contributed by atoms with Gasteiger partial charge >= 0.3 is 6.09 Å². The maximum Gasteiger partial charge on any atom is 0.407 e. The van der Waals surface area contributed by atoms with E-state index in [1.165, 1.54) is 4.90 Å². The summed E-state index contributed by atoms with van der Waals surface area (Å²) in [6, 6.07) is 7.64. The Morgan fingerprint density at radius 2 is 2.38 bits per heavy atom. The number of epoxide rings is 1. The summed E-state index contributed by atoms with van der Waals surface area (Å²) in [5, 5.41) is 9.04. The number of halogens is 1. The maximum absolute atomic E-state index is 11.0. The highest BCUT2D eigenvalue weighted by atomic mass is 79.9. The van der Waals surface area contributed by atoms with Gasteiger partial charge in [-0.25, -0.2) is 4.79 Å². The van der Waals surface area contributed by atoms with Gasteiger partial charge in [0.1, 0.15) is 0 Å². The van der Waals surface area contributed by atoms with Crippen LogP contribution < -0.4 is 0 Å². The van der Waals surface area contributed by atoms with E-state index in [1.807, 2.05) is 24.3 Å². The van der Waals surface area contributed by atoms with E-state index >= 15 is 0 Å². The number of hydrogen-bond donors (Lipinski definition) is 1. The Labute approximate surface area is 102 Å². The smallest absolute Gasteiger partial charge is 0.407 e. The second-order valence-electron chi connectivity index (χ2n) is 3.75. The largest absolute Gasteiger partial charge is 0.465 e. The monoisotopic (exact) mass is 285 g/mol. The van der Waals surface area contributed by atoms with Gasteiger partial charge in [-0.2, -0.15) is 0 Å². The highest BCUT2D eigenvalue weighted by Gasteiger charge is 2.27. The lowest BCUT2D eigenvalue weighted by Crippen LogP contribution is -2.32. The first kappa shape index (κ1) is 11.4. The third kappa shape index (κ3) is 3.21. The molecule has 16 heavy (non-hydrogen) atoms. The first-order valence-corrected chi connectivity index (χ1v) is 5.78. The number of amides is 1. The predicted molar refractivity (Wildman–Crippen MR) is 62.3 cm³/mol. The minimum absolute atomic E-state index is 0.0863. The van der Waals surface area contributed by atoms with Gasteiger partial charge < -0.3 is 14.7 Å². The fourth-order valence-corrected chi connectivity index (χ4v) is 1.93. The fraction of sp³-hybridized carbons (Fsp3) is 0.364. The number of nitrogens with zero attached hydrogens (tertiary/aromatic N) is 1. The van der Waals surface area contributed by atoms with Gasteiger partial charge in [-0.3, -0.25) is 0 Å². The Morgan fingerprint density at radius 1 is 1.62 bits per heavy atom. The van der Waals surface area contributed by atoms with Gasteiger partial charge in [-0.1, -0.05) is 28.1 Å². The van der Waals surface area contributed by atoms with Crippen LogP contribution in [-0.2, 0) is 11.3 Å². The standard InChI is InChI=1S/C11H12BrNO3/c12-9-3-1-2-8(4-9)5-13(11(14)15)6-10-7-16-10/h1-4,10H,5-7H2,(H,14,15). The molecule has 1 amide bonds. The number of rotatable bonds is 4. The molecule has 0 radical (unpaired) electrons. The molecule has 4 nitrogen and oxygen atoms in total. The van der Waals surface area contributed by atoms with E-state index in [-0.39, 0.29) is 6.10 Å². The van der Waals surface area contributed by atoms with Crippen LogP contribution in [0.25, 0.3) is 0 Å². The molecule has 1 aliphatic rings. The van der Waals surface area contributed by atoms with E-state index in [1.54, 1.807) is 0 Å². The highest BCUT2D eigenvalue weighted by molar-refractivity contribution is 9.10. The Bertz CT molecular complexity index is 393. The van der Waals surface area contributed by atoms with Crippen molar-refractivity contribution < 1.29 is 14.6 Å². The van der Waals surface area contributed by atoms with Crippen LogP contribution in [0, 0.1) is 0 Å². The molecule has 1 heterocycles. The number of hydrogen-bond acceptors (Lipinski definition) is 2. The lowest BCUT2D eigenvalue weighted by molar-refractivity contribution is 0.137. The van der Waals surface area contributed by atoms with E-state index in [2.05, 4.69) is 15.9 Å². The van der Waals surface area contributed by atoms with Crippen LogP contribution >= 0.6 is 15.9 Å². The SMILES string of the molecule is O=C(O)N(Cc1cccc(Br)c1)CC1CO1. The molecule has 1 aromatic rings. The number of ether oxygens (including phenoxy) is 1. The van der Waals surface area contributed by atoms with Crippen molar-refractivity contribution in [3.05, 3.63) is 34.3 Å². The molecule has 0 spiro atoms. The Morgan fingerprint density at radius 3 is 2.94 bits per heavy atom. The summed E-state index contributed by atoms with van der Waals surface area (Å²) in [6.07, 6.45) is -0.821. The first-order chi connectivity index (χ1) is 7.65. The molecule has 2 rings (SSSR count). The van der Waals surface area contributed by atoms with Crippen molar-refractivity contribution in [3.63, 3.8) is 0 Å². The van der Waals surface area contributed by atoms with E-state index in [0.29, 0.717) is 19.7 Å². The lowest BCUT2D eigenvalue weighted by atomic mass is 10.2. The van der Waals surface area contributed by atoms with Crippen molar-refractivity contribution in [2.24, 2.45) is 0 Å². The molecule has 1 aromatic carbocycles. The van der Waals surface area contributed by atoms with Gasteiger partial charge in [0.05, 0.1) is 19.3 Å². The summed E-state index contributed by atoms with van der Waals surface area (Å²) in [4.78, 5) is 12.4.